The second kappa shape index (κ2) is 7.57. The van der Waals surface area contributed by atoms with Crippen LogP contribution in [0, 0.1) is 5.92 Å². The fraction of sp³-hybridized carbons (Fsp3) is 0.500. The van der Waals surface area contributed by atoms with Crippen molar-refractivity contribution in [1.29, 1.82) is 0 Å². The Bertz CT molecular complexity index is 629. The molecule has 0 saturated carbocycles. The number of aromatic hydroxyl groups is 1. The zero-order valence-corrected chi connectivity index (χ0v) is 13.4. The number of hydrogen-bond donors (Lipinski definition) is 3. The van der Waals surface area contributed by atoms with E-state index in [1.807, 2.05) is 4.90 Å². The van der Waals surface area contributed by atoms with Gasteiger partial charge in [-0.05, 0) is 18.1 Å². The molecule has 1 saturated heterocycles. The van der Waals surface area contributed by atoms with Gasteiger partial charge in [0.05, 0.1) is 13.8 Å². The number of likely N-dealkylation sites (tertiary alicyclic amines) is 1. The summed E-state index contributed by atoms with van der Waals surface area (Å²) in [6.07, 6.45) is 0.437. The zero-order chi connectivity index (χ0) is 17.9. The largest absolute Gasteiger partial charge is 0.507 e. The summed E-state index contributed by atoms with van der Waals surface area (Å²) in [4.78, 5) is 24.2. The highest BCUT2D eigenvalue weighted by molar-refractivity contribution is 6.08. The minimum atomic E-state index is -1.27. The molecule has 0 aliphatic carbocycles. The number of phenols is 1. The van der Waals surface area contributed by atoms with E-state index < -0.39 is 17.9 Å². The molecule has 24 heavy (non-hydrogen) atoms. The predicted octanol–water partition coefficient (Wildman–Crippen LogP) is 1.00. The van der Waals surface area contributed by atoms with Crippen LogP contribution in [0.3, 0.4) is 0 Å². The van der Waals surface area contributed by atoms with Crippen LogP contribution in [0.1, 0.15) is 22.8 Å². The van der Waals surface area contributed by atoms with Gasteiger partial charge in [-0.25, -0.2) is 4.79 Å². The third-order valence-electron chi connectivity index (χ3n) is 4.02. The Balaban J connectivity index is 2.02. The van der Waals surface area contributed by atoms with Gasteiger partial charge in [-0.1, -0.05) is 19.3 Å². The number of carboxylic acids is 2. The number of aromatic carboxylic acids is 1. The van der Waals surface area contributed by atoms with Crippen LogP contribution < -0.4 is 4.74 Å². The molecule has 1 atom stereocenters. The molecule has 2 radical (unpaired) electrons. The SMILES string of the molecule is [B]CCc1ccc(OC2CN(CC(C)C(=O)O)C2)c(C(=O)O)c1O. The summed E-state index contributed by atoms with van der Waals surface area (Å²) >= 11 is 0. The molecule has 1 aromatic rings. The second-order valence-corrected chi connectivity index (χ2v) is 5.99. The number of ether oxygens (including phenoxy) is 1. The Morgan fingerprint density at radius 1 is 1.38 bits per heavy atom. The topological polar surface area (TPSA) is 107 Å². The lowest BCUT2D eigenvalue weighted by Gasteiger charge is -2.40. The first-order valence-electron chi connectivity index (χ1n) is 7.73. The minimum absolute atomic E-state index is 0.108. The van der Waals surface area contributed by atoms with Crippen LogP contribution in [-0.2, 0) is 11.2 Å². The standard InChI is InChI=1S/C16H20BNO6/c1-9(15(20)21)6-18-7-11(8-18)24-12-3-2-10(4-5-17)14(19)13(12)16(22)23/h2-3,9,11,19H,4-8H2,1H3,(H,20,21)(H,22,23). The van der Waals surface area contributed by atoms with E-state index in [9.17, 15) is 19.8 Å². The molecule has 1 aromatic carbocycles. The van der Waals surface area contributed by atoms with Gasteiger partial charge < -0.3 is 20.1 Å². The molecule has 0 amide bonds. The third-order valence-corrected chi connectivity index (χ3v) is 4.02. The van der Waals surface area contributed by atoms with Crippen molar-refractivity contribution in [2.24, 2.45) is 5.92 Å². The van der Waals surface area contributed by atoms with Gasteiger partial charge in [0.1, 0.15) is 23.2 Å². The number of carboxylic acid groups (broad SMARTS) is 2. The Morgan fingerprint density at radius 3 is 2.58 bits per heavy atom. The Labute approximate surface area is 141 Å². The van der Waals surface area contributed by atoms with E-state index >= 15 is 0 Å². The highest BCUT2D eigenvalue weighted by Crippen LogP contribution is 2.33. The number of rotatable bonds is 8. The van der Waals surface area contributed by atoms with E-state index in [1.54, 1.807) is 13.0 Å². The van der Waals surface area contributed by atoms with Crippen LogP contribution in [0.2, 0.25) is 6.32 Å². The summed E-state index contributed by atoms with van der Waals surface area (Å²) in [5.74, 6) is -2.80. The van der Waals surface area contributed by atoms with Gasteiger partial charge in [-0.15, -0.1) is 0 Å². The quantitative estimate of drug-likeness (QED) is 0.609. The molecule has 0 bridgehead atoms. The molecule has 8 heteroatoms. The van der Waals surface area contributed by atoms with E-state index in [1.165, 1.54) is 6.07 Å². The van der Waals surface area contributed by atoms with E-state index in [0.29, 0.717) is 37.9 Å². The molecule has 1 aliphatic rings. The molecule has 1 unspecified atom stereocenters. The summed E-state index contributed by atoms with van der Waals surface area (Å²) in [5.41, 5.74) is 0.200. The fourth-order valence-electron chi connectivity index (χ4n) is 2.67. The maximum Gasteiger partial charge on any atom is 0.343 e. The molecular formula is C16H20BNO6. The first-order chi connectivity index (χ1) is 11.3. The van der Waals surface area contributed by atoms with E-state index in [4.69, 9.17) is 17.7 Å². The molecule has 1 fully saturated rings. The second-order valence-electron chi connectivity index (χ2n) is 5.99. The molecule has 128 valence electrons. The van der Waals surface area contributed by atoms with Crippen LogP contribution >= 0.6 is 0 Å². The molecule has 2 rings (SSSR count). The minimum Gasteiger partial charge on any atom is -0.507 e. The lowest BCUT2D eigenvalue weighted by atomic mass is 9.95. The highest BCUT2D eigenvalue weighted by atomic mass is 16.5. The maximum absolute atomic E-state index is 11.4. The normalized spacial score (nSPS) is 16.4. The molecular weight excluding hydrogens is 313 g/mol. The van der Waals surface area contributed by atoms with Gasteiger partial charge in [0.25, 0.3) is 0 Å². The molecule has 0 aromatic heterocycles. The number of aryl methyl sites for hydroxylation is 1. The average molecular weight is 333 g/mol. The summed E-state index contributed by atoms with van der Waals surface area (Å²) in [7, 11) is 5.44. The number of benzene rings is 1. The van der Waals surface area contributed by atoms with Crippen LogP contribution in [0.15, 0.2) is 12.1 Å². The van der Waals surface area contributed by atoms with E-state index in [0.717, 1.165) is 0 Å². The van der Waals surface area contributed by atoms with Crippen molar-refractivity contribution in [2.75, 3.05) is 19.6 Å². The Morgan fingerprint density at radius 2 is 2.04 bits per heavy atom. The lowest BCUT2D eigenvalue weighted by molar-refractivity contribution is -0.142. The van der Waals surface area contributed by atoms with Crippen LogP contribution in [0.5, 0.6) is 11.5 Å². The van der Waals surface area contributed by atoms with Crippen molar-refractivity contribution in [3.63, 3.8) is 0 Å². The van der Waals surface area contributed by atoms with Crippen LogP contribution in [0.25, 0.3) is 0 Å². The van der Waals surface area contributed by atoms with Crippen molar-refractivity contribution in [3.05, 3.63) is 23.3 Å². The van der Waals surface area contributed by atoms with Gasteiger partial charge in [-0.3, -0.25) is 9.69 Å². The fourth-order valence-corrected chi connectivity index (χ4v) is 2.67. The summed E-state index contributed by atoms with van der Waals surface area (Å²) in [5, 5.41) is 28.3. The number of aliphatic carboxylic acids is 1. The first-order valence-corrected chi connectivity index (χ1v) is 7.73. The summed E-state index contributed by atoms with van der Waals surface area (Å²) in [6.45, 7) is 3.08. The summed E-state index contributed by atoms with van der Waals surface area (Å²) < 4.78 is 5.67. The van der Waals surface area contributed by atoms with E-state index in [2.05, 4.69) is 0 Å². The van der Waals surface area contributed by atoms with Crippen molar-refractivity contribution in [1.82, 2.24) is 4.90 Å². The van der Waals surface area contributed by atoms with E-state index in [-0.39, 0.29) is 23.2 Å². The maximum atomic E-state index is 11.4. The highest BCUT2D eigenvalue weighted by Gasteiger charge is 2.32. The van der Waals surface area contributed by atoms with Crippen molar-refractivity contribution in [2.45, 2.75) is 25.8 Å². The molecule has 1 aliphatic heterocycles. The van der Waals surface area contributed by atoms with Gasteiger partial charge in [0.2, 0.25) is 0 Å². The molecule has 1 heterocycles. The van der Waals surface area contributed by atoms with Gasteiger partial charge in [0.15, 0.2) is 0 Å². The zero-order valence-electron chi connectivity index (χ0n) is 13.4. The number of hydrogen-bond acceptors (Lipinski definition) is 5. The molecule has 0 spiro atoms. The van der Waals surface area contributed by atoms with Crippen molar-refractivity contribution >= 4 is 19.8 Å². The van der Waals surface area contributed by atoms with Crippen LogP contribution in [0.4, 0.5) is 0 Å². The Kier molecular flexibility index (Phi) is 5.72. The first kappa shape index (κ1) is 18.1. The third kappa shape index (κ3) is 4.00. The number of nitrogens with zero attached hydrogens (tertiary/aromatic N) is 1. The molecule has 3 N–H and O–H groups in total. The van der Waals surface area contributed by atoms with Gasteiger partial charge >= 0.3 is 11.9 Å². The summed E-state index contributed by atoms with van der Waals surface area (Å²) in [6, 6.07) is 3.13. The molecule has 7 nitrogen and oxygen atoms in total. The predicted molar refractivity (Wildman–Crippen MR) is 87.0 cm³/mol. The van der Waals surface area contributed by atoms with Gasteiger partial charge in [0, 0.05) is 19.6 Å². The van der Waals surface area contributed by atoms with Crippen molar-refractivity contribution in [3.8, 4) is 11.5 Å². The van der Waals surface area contributed by atoms with Crippen LogP contribution in [-0.4, -0.2) is 65.7 Å². The number of carbonyl (C=O) groups is 2. The Hall–Kier alpha value is -2.22. The van der Waals surface area contributed by atoms with Gasteiger partial charge in [-0.2, -0.15) is 0 Å². The smallest absolute Gasteiger partial charge is 0.343 e. The average Bonchev–Trinajstić information content (AvgIpc) is 2.47. The monoisotopic (exact) mass is 333 g/mol. The lowest BCUT2D eigenvalue weighted by Crippen LogP contribution is -2.55. The van der Waals surface area contributed by atoms with Crippen molar-refractivity contribution < 1.29 is 29.6 Å².